The Bertz CT molecular complexity index is 1400. The summed E-state index contributed by atoms with van der Waals surface area (Å²) in [7, 11) is 0. The van der Waals surface area contributed by atoms with Gasteiger partial charge in [-0.25, -0.2) is 14.4 Å². The highest BCUT2D eigenvalue weighted by atomic mass is 16.6. The van der Waals surface area contributed by atoms with E-state index in [2.05, 4.69) is 5.32 Å². The molecule has 0 spiro atoms. The van der Waals surface area contributed by atoms with Gasteiger partial charge in [0, 0.05) is 19.5 Å². The van der Waals surface area contributed by atoms with Crippen LogP contribution in [0.15, 0.2) is 48.5 Å². The van der Waals surface area contributed by atoms with Gasteiger partial charge in [-0.3, -0.25) is 9.80 Å². The first-order chi connectivity index (χ1) is 21.8. The zero-order valence-electron chi connectivity index (χ0n) is 27.3. The summed E-state index contributed by atoms with van der Waals surface area (Å²) < 4.78 is 16.6. The number of aldehydes is 2. The van der Waals surface area contributed by atoms with Gasteiger partial charge in [0.15, 0.2) is 0 Å². The number of aryl methyl sites for hydroxylation is 1. The van der Waals surface area contributed by atoms with Gasteiger partial charge in [-0.15, -0.1) is 0 Å². The van der Waals surface area contributed by atoms with E-state index in [0.717, 1.165) is 35.0 Å². The van der Waals surface area contributed by atoms with E-state index in [9.17, 15) is 24.0 Å². The molecule has 3 atom stereocenters. The van der Waals surface area contributed by atoms with Gasteiger partial charge >= 0.3 is 18.3 Å². The number of nitrogens with zero attached hydrogens (tertiary/aromatic N) is 2. The molecular weight excluding hydrogens is 590 g/mol. The minimum atomic E-state index is -0.730. The van der Waals surface area contributed by atoms with Crippen LogP contribution in [0.3, 0.4) is 0 Å². The number of rotatable bonds is 11. The smallest absolute Gasteiger partial charge is 0.410 e. The Hall–Kier alpha value is -4.41. The molecule has 2 aromatic rings. The van der Waals surface area contributed by atoms with E-state index in [1.54, 1.807) is 4.90 Å². The van der Waals surface area contributed by atoms with Gasteiger partial charge in [-0.1, -0.05) is 83.1 Å². The Morgan fingerprint density at radius 3 is 2.37 bits per heavy atom. The van der Waals surface area contributed by atoms with Gasteiger partial charge in [-0.2, -0.15) is 0 Å². The van der Waals surface area contributed by atoms with Crippen molar-refractivity contribution in [1.82, 2.24) is 15.1 Å². The molecule has 0 saturated carbocycles. The minimum absolute atomic E-state index is 0.0794. The number of fused-ring (bicyclic) bond motifs is 1. The summed E-state index contributed by atoms with van der Waals surface area (Å²) in [6.07, 6.45) is 0.681. The average molecular weight is 636 g/mol. The number of amides is 3. The van der Waals surface area contributed by atoms with Gasteiger partial charge in [0.25, 0.3) is 0 Å². The van der Waals surface area contributed by atoms with E-state index >= 15 is 0 Å². The quantitative estimate of drug-likeness (QED) is 0.256. The van der Waals surface area contributed by atoms with E-state index in [-0.39, 0.29) is 31.6 Å². The van der Waals surface area contributed by atoms with Crippen LogP contribution in [0.5, 0.6) is 0 Å². The number of ether oxygens (including phenoxy) is 3. The van der Waals surface area contributed by atoms with Crippen molar-refractivity contribution in [3.05, 3.63) is 70.8 Å². The highest BCUT2D eigenvalue weighted by Crippen LogP contribution is 2.31. The van der Waals surface area contributed by atoms with Crippen molar-refractivity contribution >= 4 is 30.9 Å². The number of hydrogen-bond acceptors (Lipinski definition) is 8. The predicted octanol–water partition coefficient (Wildman–Crippen LogP) is 5.42. The third kappa shape index (κ3) is 9.08. The molecule has 2 aliphatic rings. The molecule has 1 fully saturated rings. The van der Waals surface area contributed by atoms with Crippen molar-refractivity contribution < 1.29 is 38.2 Å². The Kier molecular flexibility index (Phi) is 11.1. The van der Waals surface area contributed by atoms with Gasteiger partial charge in [-0.05, 0) is 45.9 Å². The number of likely N-dealkylation sites (tertiary alicyclic amines) is 1. The Labute approximate surface area is 270 Å². The molecule has 2 aliphatic heterocycles. The number of carbonyl (C=O) groups is 5. The average Bonchev–Trinajstić information content (AvgIpc) is 3.65. The maximum absolute atomic E-state index is 13.2. The van der Waals surface area contributed by atoms with Gasteiger partial charge in [0.1, 0.15) is 25.3 Å². The zero-order chi connectivity index (χ0) is 33.5. The molecular formula is C35H45N3O8. The van der Waals surface area contributed by atoms with Crippen molar-refractivity contribution in [2.24, 2.45) is 10.8 Å². The lowest BCUT2D eigenvalue weighted by Crippen LogP contribution is -2.45. The number of hydrogen-bond donors (Lipinski definition) is 1. The Morgan fingerprint density at radius 1 is 0.957 bits per heavy atom. The molecule has 0 radical (unpaired) electrons. The summed E-state index contributed by atoms with van der Waals surface area (Å²) in [5, 5.41) is 2.63. The van der Waals surface area contributed by atoms with Crippen LogP contribution < -0.4 is 5.32 Å². The van der Waals surface area contributed by atoms with Gasteiger partial charge in [0.05, 0.1) is 25.2 Å². The largest absolute Gasteiger partial charge is 0.449 e. The summed E-state index contributed by atoms with van der Waals surface area (Å²) in [4.78, 5) is 64.3. The van der Waals surface area contributed by atoms with E-state index in [0.29, 0.717) is 25.8 Å². The van der Waals surface area contributed by atoms with Crippen molar-refractivity contribution in [2.45, 2.75) is 91.8 Å². The van der Waals surface area contributed by atoms with Gasteiger partial charge in [0.2, 0.25) is 0 Å². The van der Waals surface area contributed by atoms with E-state index in [1.165, 1.54) is 4.90 Å². The first-order valence-corrected chi connectivity index (χ1v) is 15.7. The third-order valence-corrected chi connectivity index (χ3v) is 8.52. The standard InChI is InChI=1S/C35H45N3O8/c1-34(2,3)30(21-40)36-31(41)45-23-35(4,5)15-14-25-12-9-13-26-17-37(19-29(25)26)32(42)46-28-16-27(20-39)38(18-28)33(43)44-22-24-10-7-6-8-11-24/h6-13,20-21,27-28,30H,14-19,22-23H2,1-5H3,(H,36,41)/t27-,28+,30+/m0/s1. The first-order valence-electron chi connectivity index (χ1n) is 15.7. The normalized spacial score (nSPS) is 18.4. The fourth-order valence-electron chi connectivity index (χ4n) is 5.55. The third-order valence-electron chi connectivity index (χ3n) is 8.52. The highest BCUT2D eigenvalue weighted by Gasteiger charge is 2.39. The highest BCUT2D eigenvalue weighted by molar-refractivity contribution is 5.75. The zero-order valence-corrected chi connectivity index (χ0v) is 27.3. The maximum Gasteiger partial charge on any atom is 0.410 e. The molecule has 2 aromatic carbocycles. The van der Waals surface area contributed by atoms with Crippen LogP contribution in [0.2, 0.25) is 0 Å². The van der Waals surface area contributed by atoms with Crippen molar-refractivity contribution in [2.75, 3.05) is 13.2 Å². The summed E-state index contributed by atoms with van der Waals surface area (Å²) >= 11 is 0. The predicted molar refractivity (Wildman–Crippen MR) is 170 cm³/mol. The van der Waals surface area contributed by atoms with Crippen LogP contribution in [-0.4, -0.2) is 72.0 Å². The molecule has 2 heterocycles. The first kappa shape index (κ1) is 34.5. The van der Waals surface area contributed by atoms with Gasteiger partial charge < -0.3 is 29.1 Å². The Morgan fingerprint density at radius 2 is 1.70 bits per heavy atom. The lowest BCUT2D eigenvalue weighted by Gasteiger charge is -2.28. The van der Waals surface area contributed by atoms with Crippen molar-refractivity contribution in [3.63, 3.8) is 0 Å². The monoisotopic (exact) mass is 635 g/mol. The minimum Gasteiger partial charge on any atom is -0.449 e. The van der Waals surface area contributed by atoms with Crippen LogP contribution in [-0.2, 0) is 49.9 Å². The molecule has 0 aromatic heterocycles. The van der Waals surface area contributed by atoms with E-state index < -0.39 is 41.9 Å². The van der Waals surface area contributed by atoms with Crippen molar-refractivity contribution in [1.29, 1.82) is 0 Å². The van der Waals surface area contributed by atoms with Crippen LogP contribution in [0.25, 0.3) is 0 Å². The van der Waals surface area contributed by atoms with Crippen LogP contribution in [0, 0.1) is 10.8 Å². The van der Waals surface area contributed by atoms with Crippen LogP contribution in [0.1, 0.15) is 69.7 Å². The van der Waals surface area contributed by atoms with Crippen LogP contribution >= 0.6 is 0 Å². The van der Waals surface area contributed by atoms with E-state index in [1.807, 2.05) is 83.1 Å². The molecule has 1 saturated heterocycles. The molecule has 0 unspecified atom stereocenters. The molecule has 11 heteroatoms. The fraction of sp³-hybridized carbons (Fsp3) is 0.514. The summed E-state index contributed by atoms with van der Waals surface area (Å²) in [6.45, 7) is 10.8. The maximum atomic E-state index is 13.2. The lowest BCUT2D eigenvalue weighted by molar-refractivity contribution is -0.112. The molecule has 46 heavy (non-hydrogen) atoms. The molecule has 0 bridgehead atoms. The number of carbonyl (C=O) groups excluding carboxylic acids is 5. The number of alkyl carbamates (subject to hydrolysis) is 1. The molecule has 1 N–H and O–H groups in total. The lowest BCUT2D eigenvalue weighted by atomic mass is 9.86. The van der Waals surface area contributed by atoms with E-state index in [4.69, 9.17) is 14.2 Å². The summed E-state index contributed by atoms with van der Waals surface area (Å²) in [6, 6.07) is 13.9. The number of nitrogens with one attached hydrogen (secondary N) is 1. The summed E-state index contributed by atoms with van der Waals surface area (Å²) in [5.41, 5.74) is 3.29. The second kappa shape index (κ2) is 14.8. The molecule has 4 rings (SSSR count). The SMILES string of the molecule is CC(C)(CCc1cccc2c1CN(C(=O)O[C@@H]1C[C@@H](C=O)N(C(=O)OCc3ccccc3)C1)C2)COC(=O)N[C@H](C=O)C(C)(C)C. The number of benzene rings is 2. The fourth-order valence-corrected chi connectivity index (χ4v) is 5.55. The second-order valence-electron chi connectivity index (χ2n) is 13.9. The second-order valence-corrected chi connectivity index (χ2v) is 13.9. The topological polar surface area (TPSA) is 132 Å². The molecule has 3 amide bonds. The molecule has 248 valence electrons. The van der Waals surface area contributed by atoms with Crippen LogP contribution in [0.4, 0.5) is 14.4 Å². The Balaban J connectivity index is 1.27. The molecule has 0 aliphatic carbocycles. The molecule has 11 nitrogen and oxygen atoms in total. The van der Waals surface area contributed by atoms with Crippen molar-refractivity contribution in [3.8, 4) is 0 Å². The summed E-state index contributed by atoms with van der Waals surface area (Å²) in [5.74, 6) is 0.